The first-order valence-corrected chi connectivity index (χ1v) is 10.4. The second-order valence-electron chi connectivity index (χ2n) is 8.06. The highest BCUT2D eigenvalue weighted by atomic mass is 35.5. The van der Waals surface area contributed by atoms with Gasteiger partial charge < -0.3 is 20.9 Å². The molecule has 7 nitrogen and oxygen atoms in total. The van der Waals surface area contributed by atoms with Crippen molar-refractivity contribution in [2.24, 2.45) is 0 Å². The fourth-order valence-corrected chi connectivity index (χ4v) is 2.88. The van der Waals surface area contributed by atoms with Crippen molar-refractivity contribution in [1.29, 1.82) is 0 Å². The molecule has 2 aromatic carbocycles. The maximum absolute atomic E-state index is 12.4. The lowest BCUT2D eigenvalue weighted by atomic mass is 10.0. The summed E-state index contributed by atoms with van der Waals surface area (Å²) in [5, 5.41) is 8.99. The molecule has 0 unspecified atom stereocenters. The van der Waals surface area contributed by atoms with Gasteiger partial charge in [-0.1, -0.05) is 18.5 Å². The Hall–Kier alpha value is -3.06. The van der Waals surface area contributed by atoms with E-state index in [9.17, 15) is 14.4 Å². The van der Waals surface area contributed by atoms with Gasteiger partial charge in [0.05, 0.1) is 17.1 Å². The average molecular weight is 445 g/mol. The predicted octanol–water partition coefficient (Wildman–Crippen LogP) is 4.01. The zero-order valence-corrected chi connectivity index (χ0v) is 19.3. The maximum atomic E-state index is 12.4. The summed E-state index contributed by atoms with van der Waals surface area (Å²) in [5.74, 6) is -0.599. The van der Waals surface area contributed by atoms with Gasteiger partial charge >= 0.3 is 0 Å². The van der Waals surface area contributed by atoms with Crippen LogP contribution in [0.25, 0.3) is 0 Å². The molecule has 31 heavy (non-hydrogen) atoms. The van der Waals surface area contributed by atoms with E-state index in [1.54, 1.807) is 56.6 Å². The highest BCUT2D eigenvalue weighted by molar-refractivity contribution is 6.34. The number of nitrogens with zero attached hydrogens (tertiary/aromatic N) is 1. The molecule has 0 bridgehead atoms. The van der Waals surface area contributed by atoms with Crippen LogP contribution in [0, 0.1) is 0 Å². The van der Waals surface area contributed by atoms with Crippen LogP contribution in [0.1, 0.15) is 47.9 Å². The molecule has 0 saturated carbocycles. The van der Waals surface area contributed by atoms with Crippen LogP contribution in [0.5, 0.6) is 0 Å². The molecule has 0 aromatic heterocycles. The summed E-state index contributed by atoms with van der Waals surface area (Å²) in [5.41, 5.74) is 1.81. The van der Waals surface area contributed by atoms with E-state index in [1.165, 1.54) is 4.90 Å². The van der Waals surface area contributed by atoms with Crippen LogP contribution >= 0.6 is 11.6 Å². The quantitative estimate of drug-likeness (QED) is 0.573. The van der Waals surface area contributed by atoms with Crippen LogP contribution in [0.15, 0.2) is 42.5 Å². The summed E-state index contributed by atoms with van der Waals surface area (Å²) >= 11 is 6.27. The molecule has 0 saturated heterocycles. The molecule has 0 atom stereocenters. The van der Waals surface area contributed by atoms with Crippen LogP contribution < -0.4 is 16.0 Å². The number of anilines is 2. The van der Waals surface area contributed by atoms with Crippen molar-refractivity contribution < 1.29 is 14.4 Å². The lowest BCUT2D eigenvalue weighted by Crippen LogP contribution is -2.42. The van der Waals surface area contributed by atoms with E-state index in [1.807, 2.05) is 20.8 Å². The maximum Gasteiger partial charge on any atom is 0.253 e. The van der Waals surface area contributed by atoms with Gasteiger partial charge in [0.1, 0.15) is 0 Å². The molecule has 2 rings (SSSR count). The first kappa shape index (κ1) is 24.2. The Morgan fingerprint density at radius 3 is 2.16 bits per heavy atom. The van der Waals surface area contributed by atoms with Crippen molar-refractivity contribution in [2.45, 2.75) is 32.7 Å². The molecule has 3 amide bonds. The number of benzene rings is 2. The zero-order chi connectivity index (χ0) is 23.2. The molecule has 2 aromatic rings. The largest absolute Gasteiger partial charge is 0.376 e. The summed E-state index contributed by atoms with van der Waals surface area (Å²) in [6.45, 7) is 5.91. The van der Waals surface area contributed by atoms with Gasteiger partial charge in [0, 0.05) is 36.6 Å². The minimum absolute atomic E-state index is 0.0170. The standard InChI is InChI=1S/C23H29ClN4O3/c1-6-23(2,3)27-21(30)18-12-11-17(13-19(18)24)25-14-20(29)26-16-9-7-15(8-10-16)22(31)28(4)5/h7-13,25H,6,14H2,1-5H3,(H,26,29)(H,27,30). The van der Waals surface area contributed by atoms with Crippen LogP contribution in [0.3, 0.4) is 0 Å². The highest BCUT2D eigenvalue weighted by Crippen LogP contribution is 2.22. The van der Waals surface area contributed by atoms with Gasteiger partial charge in [-0.25, -0.2) is 0 Å². The summed E-state index contributed by atoms with van der Waals surface area (Å²) in [4.78, 5) is 38.0. The number of hydrogen-bond donors (Lipinski definition) is 3. The Morgan fingerprint density at radius 1 is 1.00 bits per heavy atom. The van der Waals surface area contributed by atoms with Gasteiger partial charge in [0.2, 0.25) is 5.91 Å². The SMILES string of the molecule is CCC(C)(C)NC(=O)c1ccc(NCC(=O)Nc2ccc(C(=O)N(C)C)cc2)cc1Cl. The van der Waals surface area contributed by atoms with E-state index in [4.69, 9.17) is 11.6 Å². The van der Waals surface area contributed by atoms with E-state index in [2.05, 4.69) is 16.0 Å². The average Bonchev–Trinajstić information content (AvgIpc) is 2.72. The molecule has 0 radical (unpaired) electrons. The minimum atomic E-state index is -0.326. The number of nitrogens with one attached hydrogen (secondary N) is 3. The number of carbonyl (C=O) groups is 3. The van der Waals surface area contributed by atoms with Crippen molar-refractivity contribution in [3.05, 3.63) is 58.6 Å². The molecule has 0 heterocycles. The molecule has 0 aliphatic carbocycles. The third-order valence-corrected chi connectivity index (χ3v) is 5.14. The summed E-state index contributed by atoms with van der Waals surface area (Å²) in [6, 6.07) is 11.6. The Bertz CT molecular complexity index is 956. The first-order valence-electron chi connectivity index (χ1n) is 10.00. The molecule has 0 aliphatic rings. The van der Waals surface area contributed by atoms with Crippen LogP contribution in [0.4, 0.5) is 11.4 Å². The topological polar surface area (TPSA) is 90.5 Å². The number of hydrogen-bond acceptors (Lipinski definition) is 4. The molecule has 166 valence electrons. The lowest BCUT2D eigenvalue weighted by Gasteiger charge is -2.24. The smallest absolute Gasteiger partial charge is 0.253 e. The van der Waals surface area contributed by atoms with E-state index in [0.717, 1.165) is 6.42 Å². The van der Waals surface area contributed by atoms with Crippen molar-refractivity contribution in [3.8, 4) is 0 Å². The van der Waals surface area contributed by atoms with Crippen molar-refractivity contribution in [2.75, 3.05) is 31.3 Å². The molecule has 0 spiro atoms. The van der Waals surface area contributed by atoms with Crippen molar-refractivity contribution in [1.82, 2.24) is 10.2 Å². The monoisotopic (exact) mass is 444 g/mol. The van der Waals surface area contributed by atoms with Crippen LogP contribution in [-0.4, -0.2) is 48.8 Å². The zero-order valence-electron chi connectivity index (χ0n) is 18.5. The van der Waals surface area contributed by atoms with Crippen LogP contribution in [0.2, 0.25) is 5.02 Å². The van der Waals surface area contributed by atoms with Gasteiger partial charge in [0.25, 0.3) is 11.8 Å². The fraction of sp³-hybridized carbons (Fsp3) is 0.348. The summed E-state index contributed by atoms with van der Waals surface area (Å²) in [6.07, 6.45) is 0.791. The minimum Gasteiger partial charge on any atom is -0.376 e. The normalized spacial score (nSPS) is 10.9. The Morgan fingerprint density at radius 2 is 1.61 bits per heavy atom. The van der Waals surface area contributed by atoms with Gasteiger partial charge in [-0.2, -0.15) is 0 Å². The van der Waals surface area contributed by atoms with Gasteiger partial charge in [-0.3, -0.25) is 14.4 Å². The van der Waals surface area contributed by atoms with E-state index < -0.39 is 0 Å². The Labute approximate surface area is 188 Å². The molecule has 0 aliphatic heterocycles. The van der Waals surface area contributed by atoms with Crippen molar-refractivity contribution in [3.63, 3.8) is 0 Å². The summed E-state index contributed by atoms with van der Waals surface area (Å²) < 4.78 is 0. The lowest BCUT2D eigenvalue weighted by molar-refractivity contribution is -0.114. The van der Waals surface area contributed by atoms with E-state index in [0.29, 0.717) is 27.5 Å². The van der Waals surface area contributed by atoms with Gasteiger partial charge in [-0.05, 0) is 62.7 Å². The third kappa shape index (κ3) is 7.00. The number of rotatable bonds is 8. The number of halogens is 1. The van der Waals surface area contributed by atoms with Gasteiger partial charge in [-0.15, -0.1) is 0 Å². The fourth-order valence-electron chi connectivity index (χ4n) is 2.61. The van der Waals surface area contributed by atoms with E-state index >= 15 is 0 Å². The molecule has 3 N–H and O–H groups in total. The Kier molecular flexibility index (Phi) is 8.05. The third-order valence-electron chi connectivity index (χ3n) is 4.82. The number of amides is 3. The second kappa shape index (κ2) is 10.3. The molecular weight excluding hydrogens is 416 g/mol. The van der Waals surface area contributed by atoms with Crippen LogP contribution in [-0.2, 0) is 4.79 Å². The molecule has 8 heteroatoms. The first-order chi connectivity index (χ1) is 14.5. The second-order valence-corrected chi connectivity index (χ2v) is 8.47. The predicted molar refractivity (Wildman–Crippen MR) is 125 cm³/mol. The Balaban J connectivity index is 1.93. The van der Waals surface area contributed by atoms with Gasteiger partial charge in [0.15, 0.2) is 0 Å². The highest BCUT2D eigenvalue weighted by Gasteiger charge is 2.20. The summed E-state index contributed by atoms with van der Waals surface area (Å²) in [7, 11) is 3.36. The molecular formula is C23H29ClN4O3. The number of carbonyl (C=O) groups excluding carboxylic acids is 3. The van der Waals surface area contributed by atoms with Crippen molar-refractivity contribution >= 4 is 40.7 Å². The molecule has 0 fully saturated rings. The van der Waals surface area contributed by atoms with E-state index in [-0.39, 0.29) is 29.8 Å².